The topological polar surface area (TPSA) is 509 Å². The number of nitrogens with zero attached hydrogens (tertiary/aromatic N) is 1. The number of phenolic OH excluding ortho intramolecular Hbond substituents is 1. The number of nitrogens with two attached hydrogens (primary N) is 3. The van der Waals surface area contributed by atoms with Crippen molar-refractivity contribution in [1.29, 1.82) is 0 Å². The van der Waals surface area contributed by atoms with Crippen molar-refractivity contribution in [3.8, 4) is 5.75 Å². The van der Waals surface area contributed by atoms with E-state index in [1.165, 1.54) is 40.6 Å². The van der Waals surface area contributed by atoms with Crippen molar-refractivity contribution in [2.24, 2.45) is 17.2 Å². The number of halogens is 6. The van der Waals surface area contributed by atoms with Crippen LogP contribution >= 0.6 is 23.5 Å². The molecule has 2 aromatic rings. The van der Waals surface area contributed by atoms with Gasteiger partial charge in [-0.1, -0.05) is 42.5 Å². The van der Waals surface area contributed by atoms with Gasteiger partial charge in [0.05, 0.1) is 25.3 Å². The molecular weight excluding hydrogens is 1240 g/mol. The summed E-state index contributed by atoms with van der Waals surface area (Å²) < 4.78 is 63.1. The van der Waals surface area contributed by atoms with Gasteiger partial charge in [0.15, 0.2) is 6.04 Å². The monoisotopic (exact) mass is 1310 g/mol. The molecule has 37 heteroatoms. The number of nitrogens with one attached hydrogen (secondary N) is 7. The van der Waals surface area contributed by atoms with Gasteiger partial charge < -0.3 is 95.7 Å². The van der Waals surface area contributed by atoms with Gasteiger partial charge in [-0.2, -0.15) is 49.9 Å². The molecule has 0 unspecified atom stereocenters. The number of amides is 11. The summed E-state index contributed by atoms with van der Waals surface area (Å²) in [5, 5.41) is 45.7. The fourth-order valence-electron chi connectivity index (χ4n) is 8.14. The molecule has 2 aliphatic rings. The lowest BCUT2D eigenvalue weighted by molar-refractivity contribution is -0.396. The fourth-order valence-corrected chi connectivity index (χ4v) is 10.3. The Morgan fingerprint density at radius 1 is 0.674 bits per heavy atom. The molecular formula is C52H71F6N13O16S2. The molecule has 89 heavy (non-hydrogen) atoms. The molecule has 2 heterocycles. The zero-order chi connectivity index (χ0) is 67.2. The molecule has 20 N–H and O–H groups in total. The van der Waals surface area contributed by atoms with Gasteiger partial charge in [0.1, 0.15) is 60.0 Å². The molecule has 0 saturated carbocycles. The first-order chi connectivity index (χ1) is 41.6. The highest BCUT2D eigenvalue weighted by molar-refractivity contribution is 8.03. The number of carbonyl (C=O) groups is 13. The maximum absolute atomic E-state index is 14.6. The highest BCUT2D eigenvalue weighted by Crippen LogP contribution is 2.22. The minimum absolute atomic E-state index is 0.0321. The number of likely N-dealkylation sites (tertiary alicyclic amines) is 1. The van der Waals surface area contributed by atoms with Crippen LogP contribution in [0.25, 0.3) is 0 Å². The molecule has 11 amide bonds. The number of benzene rings is 2. The van der Waals surface area contributed by atoms with Gasteiger partial charge in [-0.15, -0.1) is 0 Å². The van der Waals surface area contributed by atoms with E-state index < -0.39 is 163 Å². The van der Waals surface area contributed by atoms with Gasteiger partial charge in [0.2, 0.25) is 59.1 Å². The van der Waals surface area contributed by atoms with Crippen LogP contribution in [0.1, 0.15) is 62.5 Å². The van der Waals surface area contributed by atoms with E-state index >= 15 is 0 Å². The Morgan fingerprint density at radius 3 is 1.69 bits per heavy atom. The minimum atomic E-state index is -5.19. The average Bonchev–Trinajstić information content (AvgIpc) is 3.35. The standard InChI is InChI=1S/C48H69N13O12S2.2C2HF3O2/c49-17-5-4-9-31(42(67)54-24-40(53)65)56-47(72)37-10-6-18-61(37)48(73)36-26-75-20-19-74-25-30(50)41(66)57-33(22-28-11-13-29(62)14-12-28)45(70)58-34(21-27-7-2-1-3-8-27)44(69)55-32(15-16-38(51)63)43(68)59-35(23-39(52)64)46(71)60-36;2*3-2(4,5)1(6)7/h1-3,7-8,11-14,30-37,62H,4-6,9-10,15-26,49-50H2,(H2,51,63)(H2,52,64)(H2,53,65)(H,54,67)(H,55,69)(H,56,72)(H,57,66)(H,58,70)(H,59,68)(H,60,71);2*(H,6,7)/t30-,31-,32-,33-,34-,35-,36-,37-;;/m0../s1. The van der Waals surface area contributed by atoms with Gasteiger partial charge in [-0.25, -0.2) is 0 Å². The van der Waals surface area contributed by atoms with Gasteiger partial charge in [0, 0.05) is 43.1 Å². The molecule has 0 aliphatic carbocycles. The highest BCUT2D eigenvalue weighted by atomic mass is 32.2. The fraction of sp³-hybridized carbons (Fsp3) is 0.519. The molecule has 4 rings (SSSR count). The van der Waals surface area contributed by atoms with Crippen molar-refractivity contribution in [3.63, 3.8) is 0 Å². The van der Waals surface area contributed by atoms with Gasteiger partial charge in [0.25, 0.3) is 5.91 Å². The molecule has 8 atom stereocenters. The zero-order valence-electron chi connectivity index (χ0n) is 47.6. The van der Waals surface area contributed by atoms with Crippen molar-refractivity contribution >= 4 is 100 Å². The number of phenols is 1. The molecule has 2 aliphatic heterocycles. The van der Waals surface area contributed by atoms with Crippen LogP contribution in [-0.2, 0) is 75.2 Å². The number of unbranched alkanes of at least 4 members (excludes halogenated alkanes) is 1. The van der Waals surface area contributed by atoms with Crippen molar-refractivity contribution in [2.45, 2.75) is 125 Å². The largest absolute Gasteiger partial charge is 0.542 e. The van der Waals surface area contributed by atoms with Crippen LogP contribution in [0.15, 0.2) is 54.6 Å². The Morgan fingerprint density at radius 2 is 1.17 bits per heavy atom. The van der Waals surface area contributed by atoms with E-state index in [1.54, 1.807) is 42.5 Å². The molecule has 0 radical (unpaired) electrons. The number of carbonyl (C=O) groups excluding carboxylic acids is 13. The van der Waals surface area contributed by atoms with Crippen LogP contribution in [0.2, 0.25) is 0 Å². The first kappa shape index (κ1) is 76.6. The van der Waals surface area contributed by atoms with Crippen LogP contribution in [0, 0.1) is 0 Å². The highest BCUT2D eigenvalue weighted by Gasteiger charge is 2.41. The number of hydrogen-bond donors (Lipinski definition) is 13. The number of primary amides is 3. The number of quaternary nitrogens is 2. The lowest BCUT2D eigenvalue weighted by Gasteiger charge is -2.31. The number of carboxylic acid groups (broad SMARTS) is 2. The second-order valence-electron chi connectivity index (χ2n) is 19.7. The Balaban J connectivity index is 0.00000172. The lowest BCUT2D eigenvalue weighted by Crippen LogP contribution is -2.70. The molecule has 2 aromatic carbocycles. The zero-order valence-corrected chi connectivity index (χ0v) is 49.2. The van der Waals surface area contributed by atoms with Gasteiger partial charge in [-0.05, 0) is 61.8 Å². The maximum Gasteiger partial charge on any atom is 0.430 e. The number of aliphatic carboxylic acids is 2. The summed E-state index contributed by atoms with van der Waals surface area (Å²) in [5.41, 5.74) is 25.2. The third-order valence-electron chi connectivity index (χ3n) is 12.6. The Hall–Kier alpha value is -8.45. The Labute approximate surface area is 512 Å². The van der Waals surface area contributed by atoms with E-state index in [4.69, 9.17) is 37.0 Å². The summed E-state index contributed by atoms with van der Waals surface area (Å²) in [5.74, 6) is -14.2. The van der Waals surface area contributed by atoms with E-state index in [1.807, 2.05) is 0 Å². The molecule has 0 spiro atoms. The number of carboxylic acids is 2. The third kappa shape index (κ3) is 29.4. The minimum Gasteiger partial charge on any atom is -0.542 e. The van der Waals surface area contributed by atoms with Crippen LogP contribution in [0.3, 0.4) is 0 Å². The molecule has 2 fully saturated rings. The van der Waals surface area contributed by atoms with Crippen molar-refractivity contribution in [1.82, 2.24) is 42.1 Å². The number of thioether (sulfide) groups is 2. The first-order valence-corrected chi connectivity index (χ1v) is 29.4. The molecule has 0 bridgehead atoms. The predicted octanol–water partition coefficient (Wildman–Crippen LogP) is -7.08. The Bertz CT molecular complexity index is 2750. The molecule has 494 valence electrons. The summed E-state index contributed by atoms with van der Waals surface area (Å²) in [6.45, 7) is 0.194. The summed E-state index contributed by atoms with van der Waals surface area (Å²) in [6, 6.07) is 4.03. The number of rotatable bonds is 19. The number of aromatic hydroxyl groups is 1. The summed E-state index contributed by atoms with van der Waals surface area (Å²) in [7, 11) is 0. The average molecular weight is 1310 g/mol. The maximum atomic E-state index is 14.6. The first-order valence-electron chi connectivity index (χ1n) is 27.1. The van der Waals surface area contributed by atoms with Crippen LogP contribution < -0.4 is 76.1 Å². The third-order valence-corrected chi connectivity index (χ3v) is 15.1. The quantitative estimate of drug-likeness (QED) is 0.0459. The van der Waals surface area contributed by atoms with E-state index in [0.717, 1.165) is 0 Å². The van der Waals surface area contributed by atoms with Crippen molar-refractivity contribution in [3.05, 3.63) is 65.7 Å². The van der Waals surface area contributed by atoms with E-state index in [-0.39, 0.29) is 49.5 Å². The predicted molar refractivity (Wildman–Crippen MR) is 298 cm³/mol. The summed E-state index contributed by atoms with van der Waals surface area (Å²) in [6.07, 6.45) is -10.3. The molecule has 2 saturated heterocycles. The summed E-state index contributed by atoms with van der Waals surface area (Å²) >= 11 is 2.59. The summed E-state index contributed by atoms with van der Waals surface area (Å²) in [4.78, 5) is 167. The Kier molecular flexibility index (Phi) is 32.8. The lowest BCUT2D eigenvalue weighted by atomic mass is 10.0. The second kappa shape index (κ2) is 38.1. The van der Waals surface area contributed by atoms with Gasteiger partial charge >= 0.3 is 12.4 Å². The van der Waals surface area contributed by atoms with E-state index in [2.05, 4.69) is 48.7 Å². The number of hydrogen-bond acceptors (Lipinski definition) is 18. The second-order valence-corrected chi connectivity index (χ2v) is 22.0. The molecule has 0 aromatic heterocycles. The number of alkyl halides is 6. The SMILES string of the molecule is NC(=O)CC[C@@H]1NC(=O)[C@H](Cc2ccccc2)NC(=O)[C@H](Cc2ccc(O)cc2)NC(=O)[C@@H]([NH3+])CSCCSC[C@@H](C(=O)N2CCC[C@H]2C(=O)N[C@@H](CCCC[NH3+])C(=O)NCC(N)=O)NC(=O)[C@H](CC(N)=O)NC1=O.O=C([O-])C(F)(F)F.O=C([O-])C(F)(F)F. The van der Waals surface area contributed by atoms with E-state index in [9.17, 15) is 84.2 Å². The van der Waals surface area contributed by atoms with Crippen LogP contribution in [0.4, 0.5) is 26.3 Å². The smallest absolute Gasteiger partial charge is 0.430 e. The van der Waals surface area contributed by atoms with Crippen LogP contribution in [-0.4, -0.2) is 190 Å². The van der Waals surface area contributed by atoms with Crippen molar-refractivity contribution in [2.75, 3.05) is 42.6 Å². The van der Waals surface area contributed by atoms with Gasteiger partial charge in [-0.3, -0.25) is 52.7 Å². The normalized spacial score (nSPS) is 21.2. The van der Waals surface area contributed by atoms with E-state index in [0.29, 0.717) is 48.4 Å². The van der Waals surface area contributed by atoms with Crippen molar-refractivity contribution < 1.29 is 115 Å². The van der Waals surface area contributed by atoms with Crippen LogP contribution in [0.5, 0.6) is 5.75 Å². The molecule has 29 nitrogen and oxygen atoms in total.